The van der Waals surface area contributed by atoms with Gasteiger partial charge in [-0.2, -0.15) is 5.10 Å². The zero-order valence-corrected chi connectivity index (χ0v) is 23.0. The SMILES string of the molecule is CCN(CC)C(C)CNC(=O)c1cc(NSC(C)C)nc(-c2cnn3ccc(-c4cccs4)nc23)c1. The lowest BCUT2D eigenvalue weighted by atomic mass is 10.1. The first-order valence-corrected chi connectivity index (χ1v) is 14.0. The van der Waals surface area contributed by atoms with Crippen LogP contribution in [0.2, 0.25) is 0 Å². The molecule has 0 saturated carbocycles. The first-order valence-electron chi connectivity index (χ1n) is 12.2. The van der Waals surface area contributed by atoms with Gasteiger partial charge in [0.2, 0.25) is 0 Å². The number of thiophene rings is 1. The summed E-state index contributed by atoms with van der Waals surface area (Å²) in [5.74, 6) is 0.501. The van der Waals surface area contributed by atoms with Gasteiger partial charge in [-0.15, -0.1) is 11.3 Å². The first kappa shape index (κ1) is 26.1. The molecule has 0 bridgehead atoms. The minimum atomic E-state index is -0.126. The molecule has 10 heteroatoms. The summed E-state index contributed by atoms with van der Waals surface area (Å²) in [4.78, 5) is 26.3. The van der Waals surface area contributed by atoms with E-state index in [1.54, 1.807) is 40.1 Å². The molecule has 0 radical (unpaired) electrons. The van der Waals surface area contributed by atoms with Crippen molar-refractivity contribution in [2.75, 3.05) is 24.4 Å². The predicted octanol–water partition coefficient (Wildman–Crippen LogP) is 5.45. The van der Waals surface area contributed by atoms with Gasteiger partial charge in [0.05, 0.1) is 28.0 Å². The third-order valence-corrected chi connectivity index (χ3v) is 7.59. The van der Waals surface area contributed by atoms with Crippen LogP contribution < -0.4 is 10.0 Å². The molecular formula is C26H33N7OS2. The summed E-state index contributed by atoms with van der Waals surface area (Å²) in [6.45, 7) is 13.1. The summed E-state index contributed by atoms with van der Waals surface area (Å²) < 4.78 is 5.03. The molecule has 0 saturated heterocycles. The summed E-state index contributed by atoms with van der Waals surface area (Å²) in [6, 6.07) is 9.88. The Morgan fingerprint density at radius 2 is 1.94 bits per heavy atom. The average Bonchev–Trinajstić information content (AvgIpc) is 3.56. The Hall–Kier alpha value is -2.95. The fourth-order valence-electron chi connectivity index (χ4n) is 3.96. The number of likely N-dealkylation sites (N-methyl/N-ethyl adjacent to an activating group) is 1. The molecule has 2 N–H and O–H groups in total. The van der Waals surface area contributed by atoms with Crippen LogP contribution in [0.5, 0.6) is 0 Å². The van der Waals surface area contributed by atoms with Gasteiger partial charge in [0.1, 0.15) is 5.82 Å². The molecule has 0 spiro atoms. The second-order valence-electron chi connectivity index (χ2n) is 8.79. The highest BCUT2D eigenvalue weighted by molar-refractivity contribution is 8.01. The highest BCUT2D eigenvalue weighted by Gasteiger charge is 2.18. The minimum Gasteiger partial charge on any atom is -0.350 e. The van der Waals surface area contributed by atoms with Gasteiger partial charge < -0.3 is 10.0 Å². The lowest BCUT2D eigenvalue weighted by Gasteiger charge is -2.26. The van der Waals surface area contributed by atoms with E-state index in [1.165, 1.54) is 0 Å². The number of nitrogens with zero attached hydrogens (tertiary/aromatic N) is 5. The lowest BCUT2D eigenvalue weighted by Crippen LogP contribution is -2.42. The molecule has 4 aromatic rings. The Labute approximate surface area is 220 Å². The van der Waals surface area contributed by atoms with Crippen LogP contribution in [0.4, 0.5) is 5.82 Å². The van der Waals surface area contributed by atoms with Crippen LogP contribution in [0.1, 0.15) is 45.0 Å². The number of fused-ring (bicyclic) bond motifs is 1. The van der Waals surface area contributed by atoms with Gasteiger partial charge in [0, 0.05) is 29.6 Å². The number of hydrogen-bond acceptors (Lipinski definition) is 8. The fourth-order valence-corrected chi connectivity index (χ4v) is 5.12. The van der Waals surface area contributed by atoms with Crippen LogP contribution in [-0.2, 0) is 0 Å². The van der Waals surface area contributed by atoms with E-state index in [4.69, 9.17) is 9.97 Å². The number of anilines is 1. The number of amides is 1. The molecule has 0 fully saturated rings. The predicted molar refractivity (Wildman–Crippen MR) is 151 cm³/mol. The van der Waals surface area contributed by atoms with E-state index >= 15 is 0 Å². The van der Waals surface area contributed by atoms with Crippen molar-refractivity contribution in [3.63, 3.8) is 0 Å². The van der Waals surface area contributed by atoms with Crippen molar-refractivity contribution in [2.45, 2.75) is 45.9 Å². The molecule has 190 valence electrons. The Kier molecular flexibility index (Phi) is 8.60. The van der Waals surface area contributed by atoms with Crippen LogP contribution in [0.25, 0.3) is 27.5 Å². The van der Waals surface area contributed by atoms with Crippen molar-refractivity contribution in [3.8, 4) is 21.8 Å². The molecule has 1 unspecified atom stereocenters. The third kappa shape index (κ3) is 6.05. The van der Waals surface area contributed by atoms with E-state index in [1.807, 2.05) is 35.8 Å². The quantitative estimate of drug-likeness (QED) is 0.253. The molecule has 8 nitrogen and oxygen atoms in total. The topological polar surface area (TPSA) is 87.5 Å². The highest BCUT2D eigenvalue weighted by atomic mass is 32.2. The van der Waals surface area contributed by atoms with E-state index in [-0.39, 0.29) is 11.9 Å². The Morgan fingerprint density at radius 3 is 2.64 bits per heavy atom. The smallest absolute Gasteiger partial charge is 0.251 e. The van der Waals surface area contributed by atoms with Gasteiger partial charge in [0.25, 0.3) is 5.91 Å². The summed E-state index contributed by atoms with van der Waals surface area (Å²) in [5.41, 5.74) is 3.55. The van der Waals surface area contributed by atoms with Crippen molar-refractivity contribution in [2.24, 2.45) is 0 Å². The van der Waals surface area contributed by atoms with E-state index < -0.39 is 0 Å². The Bertz CT molecular complexity index is 1300. The van der Waals surface area contributed by atoms with E-state index in [0.717, 1.165) is 29.2 Å². The zero-order chi connectivity index (χ0) is 25.7. The zero-order valence-electron chi connectivity index (χ0n) is 21.4. The van der Waals surface area contributed by atoms with Crippen LogP contribution in [0, 0.1) is 0 Å². The second-order valence-corrected chi connectivity index (χ2v) is 11.1. The highest BCUT2D eigenvalue weighted by Crippen LogP contribution is 2.29. The number of aromatic nitrogens is 4. The molecule has 4 aromatic heterocycles. The summed E-state index contributed by atoms with van der Waals surface area (Å²) in [6.07, 6.45) is 3.66. The fraction of sp³-hybridized carbons (Fsp3) is 0.385. The molecular weight excluding hydrogens is 490 g/mol. The van der Waals surface area contributed by atoms with Gasteiger partial charge in [-0.1, -0.05) is 33.8 Å². The van der Waals surface area contributed by atoms with Crippen LogP contribution in [0.3, 0.4) is 0 Å². The van der Waals surface area contributed by atoms with Gasteiger partial charge in [0.15, 0.2) is 5.65 Å². The number of rotatable bonds is 11. The molecule has 1 amide bonds. The maximum absolute atomic E-state index is 13.2. The van der Waals surface area contributed by atoms with Gasteiger partial charge in [-0.05, 0) is 61.6 Å². The number of carbonyl (C=O) groups is 1. The first-order chi connectivity index (χ1) is 17.4. The molecule has 0 aliphatic carbocycles. The number of hydrogen-bond donors (Lipinski definition) is 2. The van der Waals surface area contributed by atoms with Crippen LogP contribution in [-0.4, -0.2) is 61.3 Å². The average molecular weight is 524 g/mol. The number of nitrogens with one attached hydrogen (secondary N) is 2. The van der Waals surface area contributed by atoms with Gasteiger partial charge in [-0.3, -0.25) is 9.69 Å². The second kappa shape index (κ2) is 11.9. The minimum absolute atomic E-state index is 0.126. The van der Waals surface area contributed by atoms with Crippen LogP contribution in [0.15, 0.2) is 48.1 Å². The molecule has 0 aliphatic heterocycles. The maximum atomic E-state index is 13.2. The van der Waals surface area contributed by atoms with Crippen molar-refractivity contribution < 1.29 is 4.79 Å². The summed E-state index contributed by atoms with van der Waals surface area (Å²) in [5, 5.41) is 9.97. The van der Waals surface area contributed by atoms with Crippen molar-refractivity contribution in [1.29, 1.82) is 0 Å². The standard InChI is InChI=1S/C26H33N7OS2/c1-6-32(7-2)18(5)15-27-26(34)19-13-22(29-24(14-19)31-36-17(3)4)20-16-28-33-11-10-21(30-25(20)33)23-9-8-12-35-23/h8-14,16-18H,6-7,15H2,1-5H3,(H,27,34)(H,29,31). The molecule has 36 heavy (non-hydrogen) atoms. The molecule has 4 heterocycles. The monoisotopic (exact) mass is 523 g/mol. The van der Waals surface area contributed by atoms with Crippen molar-refractivity contribution >= 4 is 40.7 Å². The number of pyridine rings is 1. The molecule has 4 rings (SSSR count). The molecule has 0 aliphatic rings. The molecule has 1 atom stereocenters. The van der Waals surface area contributed by atoms with Gasteiger partial charge >= 0.3 is 0 Å². The largest absolute Gasteiger partial charge is 0.350 e. The third-order valence-electron chi connectivity index (χ3n) is 5.90. The maximum Gasteiger partial charge on any atom is 0.251 e. The summed E-state index contributed by atoms with van der Waals surface area (Å²) in [7, 11) is 0. The Balaban J connectivity index is 1.68. The lowest BCUT2D eigenvalue weighted by molar-refractivity contribution is 0.0938. The van der Waals surface area contributed by atoms with Crippen molar-refractivity contribution in [3.05, 3.63) is 53.7 Å². The van der Waals surface area contributed by atoms with E-state index in [2.05, 4.69) is 54.7 Å². The summed E-state index contributed by atoms with van der Waals surface area (Å²) >= 11 is 3.20. The Morgan fingerprint density at radius 1 is 1.14 bits per heavy atom. The van der Waals surface area contributed by atoms with E-state index in [0.29, 0.717) is 34.5 Å². The normalized spacial score (nSPS) is 12.4. The molecule has 0 aromatic carbocycles. The van der Waals surface area contributed by atoms with E-state index in [9.17, 15) is 4.79 Å². The van der Waals surface area contributed by atoms with Gasteiger partial charge in [-0.25, -0.2) is 14.5 Å². The van der Waals surface area contributed by atoms with Crippen LogP contribution >= 0.6 is 23.3 Å². The number of carbonyl (C=O) groups excluding carboxylic acids is 1. The van der Waals surface area contributed by atoms with Crippen molar-refractivity contribution in [1.82, 2.24) is 29.8 Å².